The molecule has 1 N–H and O–H groups in total. The Kier molecular flexibility index (Phi) is 3.84. The van der Waals surface area contributed by atoms with Crippen molar-refractivity contribution in [3.63, 3.8) is 0 Å². The number of anilines is 1. The van der Waals surface area contributed by atoms with Crippen LogP contribution in [0, 0.1) is 12.7 Å². The van der Waals surface area contributed by atoms with Crippen molar-refractivity contribution in [2.75, 3.05) is 5.43 Å². The minimum atomic E-state index is -0.306. The number of aromatic nitrogens is 2. The zero-order chi connectivity index (χ0) is 13.0. The third-order valence-corrected chi connectivity index (χ3v) is 2.24. The third kappa shape index (κ3) is 3.49. The predicted molar refractivity (Wildman–Crippen MR) is 69.4 cm³/mol. The van der Waals surface area contributed by atoms with E-state index in [4.69, 9.17) is 11.6 Å². The number of rotatable bonds is 3. The first kappa shape index (κ1) is 12.4. The zero-order valence-corrected chi connectivity index (χ0v) is 10.3. The van der Waals surface area contributed by atoms with E-state index in [1.165, 1.54) is 18.3 Å². The van der Waals surface area contributed by atoms with Crippen LogP contribution in [-0.4, -0.2) is 16.2 Å². The Balaban J connectivity index is 2.07. The number of hydrogen-bond acceptors (Lipinski definition) is 4. The summed E-state index contributed by atoms with van der Waals surface area (Å²) in [4.78, 5) is 8.01. The van der Waals surface area contributed by atoms with Crippen molar-refractivity contribution in [3.05, 3.63) is 52.7 Å². The molecule has 0 aliphatic rings. The van der Waals surface area contributed by atoms with E-state index in [9.17, 15) is 4.39 Å². The molecule has 1 aromatic heterocycles. The number of nitrogens with zero attached hydrogens (tertiary/aromatic N) is 3. The number of hydrazone groups is 1. The van der Waals surface area contributed by atoms with Gasteiger partial charge in [-0.15, -0.1) is 0 Å². The molecular weight excluding hydrogens is 255 g/mol. The van der Waals surface area contributed by atoms with Gasteiger partial charge < -0.3 is 0 Å². The fraction of sp³-hybridized carbons (Fsp3) is 0.0833. The Labute approximate surface area is 109 Å². The van der Waals surface area contributed by atoms with Crippen molar-refractivity contribution in [1.82, 2.24) is 9.97 Å². The third-order valence-electron chi connectivity index (χ3n) is 2.05. The molecule has 0 saturated heterocycles. The highest BCUT2D eigenvalue weighted by molar-refractivity contribution is 6.29. The van der Waals surface area contributed by atoms with E-state index >= 15 is 0 Å². The van der Waals surface area contributed by atoms with Gasteiger partial charge in [0.1, 0.15) is 16.8 Å². The van der Waals surface area contributed by atoms with Gasteiger partial charge in [-0.05, 0) is 24.6 Å². The first-order valence-electron chi connectivity index (χ1n) is 5.19. The van der Waals surface area contributed by atoms with E-state index < -0.39 is 0 Å². The van der Waals surface area contributed by atoms with Crippen molar-refractivity contribution < 1.29 is 4.39 Å². The Morgan fingerprint density at radius 1 is 1.33 bits per heavy atom. The highest BCUT2D eigenvalue weighted by Crippen LogP contribution is 2.10. The maximum absolute atomic E-state index is 12.9. The van der Waals surface area contributed by atoms with Gasteiger partial charge in [0, 0.05) is 6.07 Å². The van der Waals surface area contributed by atoms with Crippen LogP contribution in [0.4, 0.5) is 10.2 Å². The smallest absolute Gasteiger partial charge is 0.151 e. The first-order valence-corrected chi connectivity index (χ1v) is 5.57. The number of aryl methyl sites for hydroxylation is 1. The van der Waals surface area contributed by atoms with E-state index in [0.717, 1.165) is 0 Å². The summed E-state index contributed by atoms with van der Waals surface area (Å²) in [5.41, 5.74) is 3.36. The molecule has 2 aromatic rings. The standard InChI is InChI=1S/C12H10ClFN4/c1-8-16-11(13)6-12(17-8)18-15-7-9-3-2-4-10(14)5-9/h2-7H,1H3,(H,16,17,18)/b15-7+. The Morgan fingerprint density at radius 2 is 2.17 bits per heavy atom. The summed E-state index contributed by atoms with van der Waals surface area (Å²) >= 11 is 5.77. The van der Waals surface area contributed by atoms with Crippen molar-refractivity contribution in [1.29, 1.82) is 0 Å². The average Bonchev–Trinajstić information content (AvgIpc) is 2.27. The van der Waals surface area contributed by atoms with Gasteiger partial charge in [0.05, 0.1) is 6.21 Å². The molecule has 0 bridgehead atoms. The van der Waals surface area contributed by atoms with Gasteiger partial charge in [-0.3, -0.25) is 5.43 Å². The van der Waals surface area contributed by atoms with Gasteiger partial charge in [-0.1, -0.05) is 23.7 Å². The predicted octanol–water partition coefficient (Wildman–Crippen LogP) is 3.02. The largest absolute Gasteiger partial charge is 0.261 e. The summed E-state index contributed by atoms with van der Waals surface area (Å²) in [7, 11) is 0. The Morgan fingerprint density at radius 3 is 2.89 bits per heavy atom. The summed E-state index contributed by atoms with van der Waals surface area (Å²) in [5.74, 6) is 0.728. The maximum atomic E-state index is 12.9. The fourth-order valence-corrected chi connectivity index (χ4v) is 1.57. The van der Waals surface area contributed by atoms with E-state index in [-0.39, 0.29) is 5.82 Å². The van der Waals surface area contributed by atoms with E-state index in [1.54, 1.807) is 25.1 Å². The van der Waals surface area contributed by atoms with Crippen LogP contribution in [0.3, 0.4) is 0 Å². The van der Waals surface area contributed by atoms with Gasteiger partial charge in [0.25, 0.3) is 0 Å². The van der Waals surface area contributed by atoms with E-state index in [2.05, 4.69) is 20.5 Å². The van der Waals surface area contributed by atoms with Gasteiger partial charge in [0.15, 0.2) is 5.82 Å². The van der Waals surface area contributed by atoms with Crippen molar-refractivity contribution in [2.24, 2.45) is 5.10 Å². The quantitative estimate of drug-likeness (QED) is 0.527. The minimum Gasteiger partial charge on any atom is -0.261 e. The number of benzene rings is 1. The van der Waals surface area contributed by atoms with E-state index in [1.807, 2.05) is 0 Å². The molecule has 0 aliphatic carbocycles. The topological polar surface area (TPSA) is 50.2 Å². The maximum Gasteiger partial charge on any atom is 0.151 e. The molecule has 0 spiro atoms. The van der Waals surface area contributed by atoms with Gasteiger partial charge in [-0.2, -0.15) is 5.10 Å². The molecule has 0 fully saturated rings. The molecule has 2 rings (SSSR count). The lowest BCUT2D eigenvalue weighted by Gasteiger charge is -2.00. The molecule has 1 aromatic carbocycles. The van der Waals surface area contributed by atoms with Crippen LogP contribution in [0.5, 0.6) is 0 Å². The summed E-state index contributed by atoms with van der Waals surface area (Å²) in [6.07, 6.45) is 1.49. The molecule has 92 valence electrons. The monoisotopic (exact) mass is 264 g/mol. The summed E-state index contributed by atoms with van der Waals surface area (Å²) < 4.78 is 12.9. The lowest BCUT2D eigenvalue weighted by Crippen LogP contribution is -1.97. The zero-order valence-electron chi connectivity index (χ0n) is 9.56. The molecule has 6 heteroatoms. The second kappa shape index (κ2) is 5.55. The van der Waals surface area contributed by atoms with E-state index in [0.29, 0.717) is 22.4 Å². The SMILES string of the molecule is Cc1nc(Cl)cc(N/N=C/c2cccc(F)c2)n1. The number of hydrogen-bond donors (Lipinski definition) is 1. The molecule has 4 nitrogen and oxygen atoms in total. The van der Waals surface area contributed by atoms with Crippen molar-refractivity contribution in [2.45, 2.75) is 6.92 Å². The van der Waals surface area contributed by atoms with Crippen LogP contribution in [0.1, 0.15) is 11.4 Å². The van der Waals surface area contributed by atoms with Crippen LogP contribution >= 0.6 is 11.6 Å². The van der Waals surface area contributed by atoms with Crippen LogP contribution < -0.4 is 5.43 Å². The summed E-state index contributed by atoms with van der Waals surface area (Å²) in [5, 5.41) is 4.28. The lowest BCUT2D eigenvalue weighted by atomic mass is 10.2. The first-order chi connectivity index (χ1) is 8.63. The fourth-order valence-electron chi connectivity index (χ4n) is 1.35. The molecule has 0 atom stereocenters. The molecule has 0 saturated carbocycles. The average molecular weight is 265 g/mol. The lowest BCUT2D eigenvalue weighted by molar-refractivity contribution is 0.627. The second-order valence-electron chi connectivity index (χ2n) is 3.55. The van der Waals surface area contributed by atoms with Crippen LogP contribution in [0.25, 0.3) is 0 Å². The number of halogens is 2. The van der Waals surface area contributed by atoms with Gasteiger partial charge in [0.2, 0.25) is 0 Å². The molecule has 0 aliphatic heterocycles. The summed E-state index contributed by atoms with van der Waals surface area (Å²) in [6.45, 7) is 1.73. The van der Waals surface area contributed by atoms with Crippen LogP contribution in [0.2, 0.25) is 5.15 Å². The molecule has 0 amide bonds. The normalized spacial score (nSPS) is 10.8. The molecule has 1 heterocycles. The summed E-state index contributed by atoms with van der Waals surface area (Å²) in [6, 6.07) is 7.66. The Hall–Kier alpha value is -2.01. The highest BCUT2D eigenvalue weighted by Gasteiger charge is 1.97. The van der Waals surface area contributed by atoms with Crippen molar-refractivity contribution in [3.8, 4) is 0 Å². The highest BCUT2D eigenvalue weighted by atomic mass is 35.5. The second-order valence-corrected chi connectivity index (χ2v) is 3.94. The van der Waals surface area contributed by atoms with Crippen molar-refractivity contribution >= 4 is 23.6 Å². The molecule has 18 heavy (non-hydrogen) atoms. The molecule has 0 unspecified atom stereocenters. The van der Waals surface area contributed by atoms with Crippen LogP contribution in [0.15, 0.2) is 35.4 Å². The van der Waals surface area contributed by atoms with Gasteiger partial charge in [-0.25, -0.2) is 14.4 Å². The Bertz CT molecular complexity index is 566. The van der Waals surface area contributed by atoms with Crippen LogP contribution in [-0.2, 0) is 0 Å². The number of nitrogens with one attached hydrogen (secondary N) is 1. The minimum absolute atomic E-state index is 0.306. The molecular formula is C12H10ClFN4. The molecule has 0 radical (unpaired) electrons. The van der Waals surface area contributed by atoms with Gasteiger partial charge >= 0.3 is 0 Å².